The molecule has 7 aromatic rings. The Morgan fingerprint density at radius 1 is 0.625 bits per heavy atom. The van der Waals surface area contributed by atoms with Crippen LogP contribution in [0.1, 0.15) is 50.7 Å². The van der Waals surface area contributed by atoms with E-state index in [0.29, 0.717) is 11.8 Å². The molecule has 0 bridgehead atoms. The standard InChI is InChI=1S/C42H38N4O2/c1-27(2)33-15-11-16-34(28(3)4)42(33)29-22-23-43-41(24-29)45-37-17-7-6-14-35(37)36-21-20-32(26-40(36)45)47-31-13-10-12-30(25-31)46-39-19-9-8-18-38(39)44(5)48-46/h6-28H,1-5H3. The highest BCUT2D eigenvalue weighted by atomic mass is 16.8. The van der Waals surface area contributed by atoms with E-state index in [-0.39, 0.29) is 0 Å². The normalized spacial score (nSPS) is 12.9. The topological polar surface area (TPSA) is 42.8 Å². The number of nitrogens with zero attached hydrogens (tertiary/aromatic N) is 4. The molecule has 0 spiro atoms. The fourth-order valence-corrected chi connectivity index (χ4v) is 6.95. The molecule has 8 rings (SSSR count). The van der Waals surface area contributed by atoms with Crippen LogP contribution in [0.2, 0.25) is 0 Å². The molecule has 238 valence electrons. The fourth-order valence-electron chi connectivity index (χ4n) is 6.95. The highest BCUT2D eigenvalue weighted by Gasteiger charge is 2.26. The molecule has 0 atom stereocenters. The highest BCUT2D eigenvalue weighted by molar-refractivity contribution is 6.09. The molecule has 6 heteroatoms. The van der Waals surface area contributed by atoms with E-state index in [1.54, 1.807) is 5.06 Å². The highest BCUT2D eigenvalue weighted by Crippen LogP contribution is 2.42. The zero-order valence-corrected chi connectivity index (χ0v) is 27.9. The van der Waals surface area contributed by atoms with Gasteiger partial charge >= 0.3 is 0 Å². The first kappa shape index (κ1) is 29.8. The Hall–Kier alpha value is -5.59. The predicted octanol–water partition coefficient (Wildman–Crippen LogP) is 11.3. The molecule has 0 fully saturated rings. The van der Waals surface area contributed by atoms with Crippen LogP contribution in [-0.4, -0.2) is 16.6 Å². The number of para-hydroxylation sites is 3. The zero-order valence-electron chi connectivity index (χ0n) is 27.9. The van der Waals surface area contributed by atoms with Crippen LogP contribution in [0.3, 0.4) is 0 Å². The van der Waals surface area contributed by atoms with E-state index in [1.165, 1.54) is 27.6 Å². The van der Waals surface area contributed by atoms with Gasteiger partial charge in [0.25, 0.3) is 0 Å². The summed E-state index contributed by atoms with van der Waals surface area (Å²) in [6, 6.07) is 42.0. The van der Waals surface area contributed by atoms with Crippen LogP contribution in [0, 0.1) is 0 Å². The number of ether oxygens (including phenoxy) is 1. The number of rotatable bonds is 7. The third-order valence-electron chi connectivity index (χ3n) is 9.21. The molecule has 2 aromatic heterocycles. The molecule has 0 saturated carbocycles. The van der Waals surface area contributed by atoms with Crippen LogP contribution in [0.25, 0.3) is 38.8 Å². The third kappa shape index (κ3) is 5.06. The molecule has 0 amide bonds. The van der Waals surface area contributed by atoms with E-state index >= 15 is 0 Å². The lowest BCUT2D eigenvalue weighted by atomic mass is 9.85. The van der Waals surface area contributed by atoms with Crippen molar-refractivity contribution in [2.45, 2.75) is 39.5 Å². The van der Waals surface area contributed by atoms with Crippen LogP contribution in [0.4, 0.5) is 17.1 Å². The van der Waals surface area contributed by atoms with Gasteiger partial charge in [-0.2, -0.15) is 5.06 Å². The molecule has 6 nitrogen and oxygen atoms in total. The van der Waals surface area contributed by atoms with Crippen LogP contribution >= 0.6 is 0 Å². The molecular formula is C42H38N4O2. The molecular weight excluding hydrogens is 592 g/mol. The Morgan fingerprint density at radius 3 is 2.10 bits per heavy atom. The van der Waals surface area contributed by atoms with Crippen molar-refractivity contribution in [3.05, 3.63) is 139 Å². The lowest BCUT2D eigenvalue weighted by Gasteiger charge is -2.20. The molecule has 1 aliphatic heterocycles. The molecule has 5 aromatic carbocycles. The maximum absolute atomic E-state index is 6.54. The van der Waals surface area contributed by atoms with Gasteiger partial charge in [0.1, 0.15) is 17.3 Å². The van der Waals surface area contributed by atoms with E-state index in [1.807, 2.05) is 72.9 Å². The van der Waals surface area contributed by atoms with E-state index in [4.69, 9.17) is 14.7 Å². The smallest absolute Gasteiger partial charge is 0.138 e. The number of hydrogen-bond acceptors (Lipinski definition) is 5. The fraction of sp³-hybridized carbons (Fsp3) is 0.167. The monoisotopic (exact) mass is 630 g/mol. The van der Waals surface area contributed by atoms with Gasteiger partial charge in [0.2, 0.25) is 0 Å². The van der Waals surface area contributed by atoms with Crippen molar-refractivity contribution in [3.8, 4) is 28.4 Å². The summed E-state index contributed by atoms with van der Waals surface area (Å²) < 4.78 is 8.80. The van der Waals surface area contributed by atoms with Gasteiger partial charge < -0.3 is 4.74 Å². The van der Waals surface area contributed by atoms with Crippen molar-refractivity contribution >= 4 is 38.9 Å². The van der Waals surface area contributed by atoms with Gasteiger partial charge in [-0.3, -0.25) is 4.57 Å². The lowest BCUT2D eigenvalue weighted by Crippen LogP contribution is -2.20. The summed E-state index contributed by atoms with van der Waals surface area (Å²) in [4.78, 5) is 11.0. The molecule has 48 heavy (non-hydrogen) atoms. The summed E-state index contributed by atoms with van der Waals surface area (Å²) in [6.07, 6.45) is 1.94. The Labute approximate surface area is 281 Å². The van der Waals surface area contributed by atoms with Gasteiger partial charge in [0.05, 0.1) is 28.1 Å². The third-order valence-corrected chi connectivity index (χ3v) is 9.21. The summed E-state index contributed by atoms with van der Waals surface area (Å²) in [7, 11) is 1.91. The average Bonchev–Trinajstić information content (AvgIpc) is 3.62. The first-order valence-electron chi connectivity index (χ1n) is 16.6. The summed E-state index contributed by atoms with van der Waals surface area (Å²) in [6.45, 7) is 9.07. The van der Waals surface area contributed by atoms with Crippen molar-refractivity contribution in [3.63, 3.8) is 0 Å². The number of pyridine rings is 1. The van der Waals surface area contributed by atoms with Crippen molar-refractivity contribution < 1.29 is 9.68 Å². The van der Waals surface area contributed by atoms with Crippen molar-refractivity contribution in [2.75, 3.05) is 17.2 Å². The number of anilines is 3. The SMILES string of the molecule is CC(C)c1cccc(C(C)C)c1-c1ccnc(-n2c3ccccc3c3ccc(Oc4cccc(N5ON(C)c6ccccc65)c4)cc32)c1. The quantitative estimate of drug-likeness (QED) is 0.175. The summed E-state index contributed by atoms with van der Waals surface area (Å²) >= 11 is 0. The number of benzene rings is 5. The van der Waals surface area contributed by atoms with Crippen molar-refractivity contribution in [2.24, 2.45) is 0 Å². The number of hydroxylamine groups is 1. The molecule has 0 saturated heterocycles. The van der Waals surface area contributed by atoms with Gasteiger partial charge in [-0.15, -0.1) is 4.94 Å². The van der Waals surface area contributed by atoms with Gasteiger partial charge in [-0.1, -0.05) is 82.3 Å². The Morgan fingerprint density at radius 2 is 1.31 bits per heavy atom. The van der Waals surface area contributed by atoms with Gasteiger partial charge in [0, 0.05) is 36.1 Å². The molecule has 0 N–H and O–H groups in total. The van der Waals surface area contributed by atoms with Crippen LogP contribution in [-0.2, 0) is 4.94 Å². The Balaban J connectivity index is 1.22. The second-order valence-electron chi connectivity index (χ2n) is 13.0. The first-order valence-corrected chi connectivity index (χ1v) is 16.6. The molecule has 0 radical (unpaired) electrons. The molecule has 0 unspecified atom stereocenters. The van der Waals surface area contributed by atoms with Crippen LogP contribution in [0.5, 0.6) is 11.5 Å². The van der Waals surface area contributed by atoms with Crippen molar-refractivity contribution in [1.82, 2.24) is 9.55 Å². The zero-order chi connectivity index (χ0) is 32.9. The van der Waals surface area contributed by atoms with Crippen LogP contribution < -0.4 is 14.9 Å². The van der Waals surface area contributed by atoms with Crippen LogP contribution in [0.15, 0.2) is 128 Å². The summed E-state index contributed by atoms with van der Waals surface area (Å²) in [5.41, 5.74) is 10.2. The minimum absolute atomic E-state index is 0.398. The Bertz CT molecular complexity index is 2280. The summed E-state index contributed by atoms with van der Waals surface area (Å²) in [5, 5.41) is 5.91. The average molecular weight is 631 g/mol. The second kappa shape index (κ2) is 11.9. The van der Waals surface area contributed by atoms with E-state index in [9.17, 15) is 0 Å². The molecule has 3 heterocycles. The van der Waals surface area contributed by atoms with E-state index in [0.717, 1.165) is 50.8 Å². The molecule has 1 aliphatic rings. The second-order valence-corrected chi connectivity index (χ2v) is 13.0. The van der Waals surface area contributed by atoms with Gasteiger partial charge in [-0.05, 0) is 88.7 Å². The molecule has 0 aliphatic carbocycles. The minimum Gasteiger partial charge on any atom is -0.457 e. The first-order chi connectivity index (χ1) is 23.4. The van der Waals surface area contributed by atoms with Gasteiger partial charge in [-0.25, -0.2) is 10.0 Å². The minimum atomic E-state index is 0.398. The Kier molecular flexibility index (Phi) is 7.38. The number of hydrogen-bond donors (Lipinski definition) is 0. The maximum atomic E-state index is 6.54. The number of fused-ring (bicyclic) bond motifs is 4. The van der Waals surface area contributed by atoms with Crippen molar-refractivity contribution in [1.29, 1.82) is 0 Å². The maximum Gasteiger partial charge on any atom is 0.138 e. The number of aromatic nitrogens is 2. The van der Waals surface area contributed by atoms with E-state index < -0.39 is 0 Å². The summed E-state index contributed by atoms with van der Waals surface area (Å²) in [5.74, 6) is 3.13. The van der Waals surface area contributed by atoms with E-state index in [2.05, 4.69) is 99.0 Å². The lowest BCUT2D eigenvalue weighted by molar-refractivity contribution is 0.142. The largest absolute Gasteiger partial charge is 0.457 e. The van der Waals surface area contributed by atoms with Gasteiger partial charge in [0.15, 0.2) is 0 Å². The predicted molar refractivity (Wildman–Crippen MR) is 197 cm³/mol.